The topological polar surface area (TPSA) is 92.8 Å². The molecule has 1 atom stereocenters. The summed E-state index contributed by atoms with van der Waals surface area (Å²) in [6, 6.07) is 4.04. The maximum Gasteiger partial charge on any atom is 0.225 e. The second-order valence-electron chi connectivity index (χ2n) is 5.23. The number of rotatable bonds is 3. The van der Waals surface area contributed by atoms with Crippen LogP contribution in [0.2, 0.25) is 0 Å². The van der Waals surface area contributed by atoms with Gasteiger partial charge in [0.2, 0.25) is 11.9 Å². The Kier molecular flexibility index (Phi) is 3.81. The van der Waals surface area contributed by atoms with E-state index in [2.05, 4.69) is 30.2 Å². The number of hydrogen-bond acceptors (Lipinski definition) is 7. The number of nitrogens with two attached hydrogens (primary N) is 1. The Balaban J connectivity index is 1.69. The molecule has 0 radical (unpaired) electrons. The third kappa shape index (κ3) is 3.36. The summed E-state index contributed by atoms with van der Waals surface area (Å²) < 4.78 is 0. The first-order valence-electron chi connectivity index (χ1n) is 7.10. The van der Waals surface area contributed by atoms with Crippen molar-refractivity contribution >= 4 is 17.7 Å². The number of aryl methyl sites for hydroxylation is 1. The van der Waals surface area contributed by atoms with Gasteiger partial charge in [0, 0.05) is 43.3 Å². The predicted octanol–water partition coefficient (Wildman–Crippen LogP) is 1.24. The van der Waals surface area contributed by atoms with Gasteiger partial charge in [0.1, 0.15) is 5.82 Å². The number of nitrogen functional groups attached to an aromatic ring is 1. The van der Waals surface area contributed by atoms with Gasteiger partial charge in [0.15, 0.2) is 0 Å². The van der Waals surface area contributed by atoms with Crippen molar-refractivity contribution in [3.63, 3.8) is 0 Å². The zero-order valence-electron chi connectivity index (χ0n) is 12.0. The van der Waals surface area contributed by atoms with Crippen molar-refractivity contribution in [2.75, 3.05) is 29.0 Å². The Morgan fingerprint density at radius 1 is 1.29 bits per heavy atom. The van der Waals surface area contributed by atoms with Crippen LogP contribution in [0.4, 0.5) is 17.7 Å². The Morgan fingerprint density at radius 3 is 2.86 bits per heavy atom. The van der Waals surface area contributed by atoms with Gasteiger partial charge >= 0.3 is 0 Å². The van der Waals surface area contributed by atoms with E-state index in [1.165, 1.54) is 0 Å². The fraction of sp³-hybridized carbons (Fsp3) is 0.429. The number of nitrogens with one attached hydrogen (secondary N) is 1. The molecule has 0 aliphatic carbocycles. The van der Waals surface area contributed by atoms with Crippen LogP contribution in [-0.4, -0.2) is 39.1 Å². The average molecular weight is 285 g/mol. The second-order valence-corrected chi connectivity index (χ2v) is 5.23. The summed E-state index contributed by atoms with van der Waals surface area (Å²) in [4.78, 5) is 19.1. The van der Waals surface area contributed by atoms with Gasteiger partial charge in [-0.2, -0.15) is 4.98 Å². The fourth-order valence-corrected chi connectivity index (χ4v) is 2.61. The van der Waals surface area contributed by atoms with Crippen LogP contribution in [0.5, 0.6) is 0 Å². The summed E-state index contributed by atoms with van der Waals surface area (Å²) in [5.74, 6) is 1.86. The van der Waals surface area contributed by atoms with Gasteiger partial charge in [-0.25, -0.2) is 15.0 Å². The molecule has 0 aromatic carbocycles. The van der Waals surface area contributed by atoms with Crippen LogP contribution in [0.3, 0.4) is 0 Å². The van der Waals surface area contributed by atoms with E-state index in [0.717, 1.165) is 43.4 Å². The van der Waals surface area contributed by atoms with E-state index in [4.69, 9.17) is 5.73 Å². The highest BCUT2D eigenvalue weighted by Gasteiger charge is 2.21. The largest absolute Gasteiger partial charge is 0.368 e. The van der Waals surface area contributed by atoms with Crippen LogP contribution in [0.1, 0.15) is 18.5 Å². The minimum absolute atomic E-state index is 0.302. The van der Waals surface area contributed by atoms with Crippen molar-refractivity contribution in [3.8, 4) is 0 Å². The van der Waals surface area contributed by atoms with Gasteiger partial charge in [-0.15, -0.1) is 0 Å². The Morgan fingerprint density at radius 2 is 2.10 bits per heavy atom. The Hall–Kier alpha value is -2.44. The van der Waals surface area contributed by atoms with Crippen LogP contribution in [0.25, 0.3) is 0 Å². The summed E-state index contributed by atoms with van der Waals surface area (Å²) in [7, 11) is 0. The smallest absolute Gasteiger partial charge is 0.225 e. The molecule has 0 amide bonds. The lowest BCUT2D eigenvalue weighted by Gasteiger charge is -2.33. The molecule has 7 nitrogen and oxygen atoms in total. The molecule has 1 saturated heterocycles. The van der Waals surface area contributed by atoms with E-state index >= 15 is 0 Å². The fourth-order valence-electron chi connectivity index (χ4n) is 2.61. The van der Waals surface area contributed by atoms with Crippen molar-refractivity contribution in [3.05, 3.63) is 30.2 Å². The van der Waals surface area contributed by atoms with Crippen LogP contribution in [0, 0.1) is 6.92 Å². The standard InChI is InChI=1S/C14H19N7/c1-10-8-12(20-13(15)18-10)19-11-4-2-7-21(9-11)14-16-5-3-6-17-14/h3,5-6,8,11H,2,4,7,9H2,1H3,(H3,15,18,19,20). The highest BCUT2D eigenvalue weighted by molar-refractivity contribution is 5.42. The summed E-state index contributed by atoms with van der Waals surface area (Å²) in [5.41, 5.74) is 6.56. The van der Waals surface area contributed by atoms with Crippen LogP contribution in [-0.2, 0) is 0 Å². The number of aromatic nitrogens is 4. The molecule has 3 N–H and O–H groups in total. The molecular weight excluding hydrogens is 266 g/mol. The third-order valence-electron chi connectivity index (χ3n) is 3.48. The predicted molar refractivity (Wildman–Crippen MR) is 82.1 cm³/mol. The lowest BCUT2D eigenvalue weighted by atomic mass is 10.1. The van der Waals surface area contributed by atoms with Gasteiger partial charge in [-0.05, 0) is 25.8 Å². The summed E-state index contributed by atoms with van der Waals surface area (Å²) in [6.07, 6.45) is 5.73. The van der Waals surface area contributed by atoms with Gasteiger partial charge in [0.05, 0.1) is 0 Å². The summed E-state index contributed by atoms with van der Waals surface area (Å²) >= 11 is 0. The van der Waals surface area contributed by atoms with Gasteiger partial charge < -0.3 is 16.0 Å². The normalized spacial score (nSPS) is 18.5. The number of anilines is 3. The number of nitrogens with zero attached hydrogens (tertiary/aromatic N) is 5. The highest BCUT2D eigenvalue weighted by Crippen LogP contribution is 2.18. The monoisotopic (exact) mass is 285 g/mol. The van der Waals surface area contributed by atoms with Crippen LogP contribution >= 0.6 is 0 Å². The van der Waals surface area contributed by atoms with E-state index in [9.17, 15) is 0 Å². The van der Waals surface area contributed by atoms with Crippen molar-refractivity contribution < 1.29 is 0 Å². The van der Waals surface area contributed by atoms with Crippen molar-refractivity contribution in [1.29, 1.82) is 0 Å². The molecule has 2 aromatic heterocycles. The lowest BCUT2D eigenvalue weighted by molar-refractivity contribution is 0.521. The highest BCUT2D eigenvalue weighted by atomic mass is 15.3. The van der Waals surface area contributed by atoms with Crippen molar-refractivity contribution in [1.82, 2.24) is 19.9 Å². The zero-order valence-corrected chi connectivity index (χ0v) is 12.0. The molecule has 2 aromatic rings. The van der Waals surface area contributed by atoms with Gasteiger partial charge in [0.25, 0.3) is 0 Å². The molecule has 21 heavy (non-hydrogen) atoms. The molecule has 3 rings (SSSR count). The first-order chi connectivity index (χ1) is 10.2. The minimum Gasteiger partial charge on any atom is -0.368 e. The molecular formula is C14H19N7. The molecule has 1 fully saturated rings. The SMILES string of the molecule is Cc1cc(NC2CCCN(c3ncccn3)C2)nc(N)n1. The molecule has 3 heterocycles. The molecule has 0 spiro atoms. The molecule has 7 heteroatoms. The van der Waals surface area contributed by atoms with E-state index in [1.54, 1.807) is 12.4 Å². The van der Waals surface area contributed by atoms with Crippen LogP contribution in [0.15, 0.2) is 24.5 Å². The lowest BCUT2D eigenvalue weighted by Crippen LogP contribution is -2.43. The zero-order chi connectivity index (χ0) is 14.7. The van der Waals surface area contributed by atoms with Crippen LogP contribution < -0.4 is 16.0 Å². The third-order valence-corrected chi connectivity index (χ3v) is 3.48. The molecule has 1 unspecified atom stereocenters. The number of piperidine rings is 1. The van der Waals surface area contributed by atoms with E-state index in [-0.39, 0.29) is 0 Å². The maximum atomic E-state index is 5.69. The van der Waals surface area contributed by atoms with Crippen molar-refractivity contribution in [2.24, 2.45) is 0 Å². The van der Waals surface area contributed by atoms with Crippen molar-refractivity contribution in [2.45, 2.75) is 25.8 Å². The quantitative estimate of drug-likeness (QED) is 0.876. The van der Waals surface area contributed by atoms with E-state index < -0.39 is 0 Å². The van der Waals surface area contributed by atoms with E-state index in [0.29, 0.717) is 12.0 Å². The molecule has 1 aliphatic heterocycles. The van der Waals surface area contributed by atoms with E-state index in [1.807, 2.05) is 19.1 Å². The first kappa shape index (κ1) is 13.5. The first-order valence-corrected chi connectivity index (χ1v) is 7.10. The summed E-state index contributed by atoms with van der Waals surface area (Å²) in [6.45, 7) is 3.74. The van der Waals surface area contributed by atoms with Gasteiger partial charge in [-0.3, -0.25) is 0 Å². The average Bonchev–Trinajstić information content (AvgIpc) is 2.47. The molecule has 0 bridgehead atoms. The summed E-state index contributed by atoms with van der Waals surface area (Å²) in [5, 5.41) is 3.43. The molecule has 110 valence electrons. The molecule has 0 saturated carbocycles. The molecule has 1 aliphatic rings. The second kappa shape index (κ2) is 5.90. The minimum atomic E-state index is 0.302. The Labute approximate surface area is 123 Å². The maximum absolute atomic E-state index is 5.69. The van der Waals surface area contributed by atoms with Gasteiger partial charge in [-0.1, -0.05) is 0 Å². The Bertz CT molecular complexity index is 581. The number of hydrogen-bond donors (Lipinski definition) is 2.